The standard InChI is InChI=1S/C13H18N2O2/c1-13(2,17)12(16)15-9-5-7-11(15)10-6-3-4-8-14-10/h3-4,6,8,11,17H,5,7,9H2,1-2H3. The molecule has 0 aromatic carbocycles. The average Bonchev–Trinajstić information content (AvgIpc) is 2.76. The molecule has 4 nitrogen and oxygen atoms in total. The molecule has 2 heterocycles. The fraction of sp³-hybridized carbons (Fsp3) is 0.538. The van der Waals surface area contributed by atoms with Crippen molar-refractivity contribution in [2.45, 2.75) is 38.3 Å². The van der Waals surface area contributed by atoms with Crippen LogP contribution in [-0.4, -0.2) is 33.0 Å². The number of aromatic nitrogens is 1. The largest absolute Gasteiger partial charge is 0.381 e. The van der Waals surface area contributed by atoms with Crippen LogP contribution in [0.1, 0.15) is 38.4 Å². The highest BCUT2D eigenvalue weighted by molar-refractivity contribution is 5.84. The lowest BCUT2D eigenvalue weighted by atomic mass is 10.1. The van der Waals surface area contributed by atoms with Gasteiger partial charge in [0, 0.05) is 12.7 Å². The van der Waals surface area contributed by atoms with Crippen molar-refractivity contribution < 1.29 is 9.90 Å². The van der Waals surface area contributed by atoms with Crippen molar-refractivity contribution in [2.75, 3.05) is 6.54 Å². The molecule has 1 unspecified atom stereocenters. The van der Waals surface area contributed by atoms with Crippen molar-refractivity contribution in [3.63, 3.8) is 0 Å². The summed E-state index contributed by atoms with van der Waals surface area (Å²) in [5.41, 5.74) is -0.403. The zero-order valence-electron chi connectivity index (χ0n) is 10.3. The first-order chi connectivity index (χ1) is 8.00. The summed E-state index contributed by atoms with van der Waals surface area (Å²) in [6, 6.07) is 5.73. The van der Waals surface area contributed by atoms with Crippen molar-refractivity contribution in [1.29, 1.82) is 0 Å². The topological polar surface area (TPSA) is 53.4 Å². The molecular formula is C13H18N2O2. The second kappa shape index (κ2) is 4.45. The number of hydrogen-bond donors (Lipinski definition) is 1. The monoisotopic (exact) mass is 234 g/mol. The fourth-order valence-corrected chi connectivity index (χ4v) is 2.24. The molecule has 0 bridgehead atoms. The first-order valence-corrected chi connectivity index (χ1v) is 5.94. The van der Waals surface area contributed by atoms with Gasteiger partial charge in [0.15, 0.2) is 0 Å². The van der Waals surface area contributed by atoms with E-state index in [-0.39, 0.29) is 11.9 Å². The summed E-state index contributed by atoms with van der Waals surface area (Å²) in [5, 5.41) is 9.80. The van der Waals surface area contributed by atoms with Crippen LogP contribution in [0.15, 0.2) is 24.4 Å². The molecule has 1 aromatic rings. The molecule has 1 amide bonds. The van der Waals surface area contributed by atoms with E-state index in [2.05, 4.69) is 4.98 Å². The molecule has 1 atom stereocenters. The van der Waals surface area contributed by atoms with E-state index in [1.807, 2.05) is 18.2 Å². The lowest BCUT2D eigenvalue weighted by Crippen LogP contribution is -2.44. The maximum atomic E-state index is 12.1. The van der Waals surface area contributed by atoms with E-state index in [0.29, 0.717) is 6.54 Å². The number of carbonyl (C=O) groups excluding carboxylic acids is 1. The summed E-state index contributed by atoms with van der Waals surface area (Å²) < 4.78 is 0. The smallest absolute Gasteiger partial charge is 0.254 e. The summed E-state index contributed by atoms with van der Waals surface area (Å²) in [6.07, 6.45) is 3.61. The number of likely N-dealkylation sites (tertiary alicyclic amines) is 1. The van der Waals surface area contributed by atoms with Crippen LogP contribution in [0.5, 0.6) is 0 Å². The van der Waals surface area contributed by atoms with Crippen LogP contribution < -0.4 is 0 Å². The van der Waals surface area contributed by atoms with Gasteiger partial charge in [-0.15, -0.1) is 0 Å². The molecular weight excluding hydrogens is 216 g/mol. The molecule has 0 spiro atoms. The van der Waals surface area contributed by atoms with Gasteiger partial charge in [0.05, 0.1) is 11.7 Å². The molecule has 92 valence electrons. The second-order valence-electron chi connectivity index (χ2n) is 4.97. The Kier molecular flexibility index (Phi) is 3.15. The van der Waals surface area contributed by atoms with Gasteiger partial charge in [0.2, 0.25) is 0 Å². The summed E-state index contributed by atoms with van der Waals surface area (Å²) in [6.45, 7) is 3.76. The van der Waals surface area contributed by atoms with Crippen molar-refractivity contribution in [2.24, 2.45) is 0 Å². The third kappa shape index (κ3) is 2.47. The summed E-state index contributed by atoms with van der Waals surface area (Å²) in [4.78, 5) is 18.1. The Hall–Kier alpha value is -1.42. The van der Waals surface area contributed by atoms with E-state index >= 15 is 0 Å². The van der Waals surface area contributed by atoms with Gasteiger partial charge < -0.3 is 10.0 Å². The highest BCUT2D eigenvalue weighted by Gasteiger charge is 2.37. The third-order valence-electron chi connectivity index (χ3n) is 3.07. The molecule has 4 heteroatoms. The Balaban J connectivity index is 2.22. The average molecular weight is 234 g/mol. The third-order valence-corrected chi connectivity index (χ3v) is 3.07. The van der Waals surface area contributed by atoms with Crippen LogP contribution in [0.4, 0.5) is 0 Å². The van der Waals surface area contributed by atoms with Crippen molar-refractivity contribution in [1.82, 2.24) is 9.88 Å². The number of amides is 1. The van der Waals surface area contributed by atoms with Crippen LogP contribution in [0.2, 0.25) is 0 Å². The molecule has 1 aromatic heterocycles. The molecule has 0 saturated carbocycles. The first-order valence-electron chi connectivity index (χ1n) is 5.94. The normalized spacial score (nSPS) is 20.6. The van der Waals surface area contributed by atoms with E-state index < -0.39 is 5.60 Å². The van der Waals surface area contributed by atoms with Gasteiger partial charge in [0.25, 0.3) is 5.91 Å². The van der Waals surface area contributed by atoms with Crippen molar-refractivity contribution in [3.05, 3.63) is 30.1 Å². The zero-order valence-corrected chi connectivity index (χ0v) is 10.3. The lowest BCUT2D eigenvalue weighted by molar-refractivity contribution is -0.148. The number of hydrogen-bond acceptors (Lipinski definition) is 3. The minimum Gasteiger partial charge on any atom is -0.381 e. The van der Waals surface area contributed by atoms with Crippen molar-refractivity contribution in [3.8, 4) is 0 Å². The predicted molar refractivity (Wildman–Crippen MR) is 64.2 cm³/mol. The minimum atomic E-state index is -1.31. The second-order valence-corrected chi connectivity index (χ2v) is 4.97. The Morgan fingerprint density at radius 2 is 2.29 bits per heavy atom. The number of rotatable bonds is 2. The molecule has 1 aliphatic heterocycles. The van der Waals surface area contributed by atoms with E-state index in [4.69, 9.17) is 0 Å². The zero-order chi connectivity index (χ0) is 12.5. The molecule has 1 saturated heterocycles. The van der Waals surface area contributed by atoms with Crippen molar-refractivity contribution >= 4 is 5.91 Å². The van der Waals surface area contributed by atoms with Crippen LogP contribution in [0.25, 0.3) is 0 Å². The van der Waals surface area contributed by atoms with Gasteiger partial charge in [-0.3, -0.25) is 9.78 Å². The molecule has 0 radical (unpaired) electrons. The van der Waals surface area contributed by atoms with Gasteiger partial charge in [-0.1, -0.05) is 6.07 Å². The molecule has 1 N–H and O–H groups in total. The van der Waals surface area contributed by atoms with Crippen LogP contribution in [0.3, 0.4) is 0 Å². The number of nitrogens with zero attached hydrogens (tertiary/aromatic N) is 2. The maximum absolute atomic E-state index is 12.1. The van der Waals surface area contributed by atoms with Crippen LogP contribution >= 0.6 is 0 Å². The first kappa shape index (κ1) is 12.0. The SMILES string of the molecule is CC(C)(O)C(=O)N1CCCC1c1ccccn1. The van der Waals surface area contributed by atoms with E-state index in [1.165, 1.54) is 13.8 Å². The van der Waals surface area contributed by atoms with Gasteiger partial charge in [-0.05, 0) is 38.8 Å². The van der Waals surface area contributed by atoms with Gasteiger partial charge in [-0.2, -0.15) is 0 Å². The molecule has 0 aliphatic carbocycles. The number of pyridine rings is 1. The molecule has 2 rings (SSSR count). The Bertz CT molecular complexity index is 398. The molecule has 1 aliphatic rings. The lowest BCUT2D eigenvalue weighted by Gasteiger charge is -2.29. The summed E-state index contributed by atoms with van der Waals surface area (Å²) >= 11 is 0. The maximum Gasteiger partial charge on any atom is 0.254 e. The molecule has 17 heavy (non-hydrogen) atoms. The summed E-state index contributed by atoms with van der Waals surface area (Å²) in [7, 11) is 0. The van der Waals surface area contributed by atoms with Gasteiger partial charge >= 0.3 is 0 Å². The Morgan fingerprint density at radius 1 is 1.53 bits per heavy atom. The summed E-state index contributed by atoms with van der Waals surface area (Å²) in [5.74, 6) is -0.217. The highest BCUT2D eigenvalue weighted by Crippen LogP contribution is 2.32. The molecule has 1 fully saturated rings. The van der Waals surface area contributed by atoms with E-state index in [0.717, 1.165) is 18.5 Å². The highest BCUT2D eigenvalue weighted by atomic mass is 16.3. The number of carbonyl (C=O) groups is 1. The Morgan fingerprint density at radius 3 is 2.88 bits per heavy atom. The fourth-order valence-electron chi connectivity index (χ4n) is 2.24. The Labute approximate surface area is 101 Å². The number of aliphatic hydroxyl groups is 1. The van der Waals surface area contributed by atoms with Crippen LogP contribution in [-0.2, 0) is 4.79 Å². The van der Waals surface area contributed by atoms with E-state index in [9.17, 15) is 9.90 Å². The van der Waals surface area contributed by atoms with Gasteiger partial charge in [-0.25, -0.2) is 0 Å². The van der Waals surface area contributed by atoms with Crippen LogP contribution in [0, 0.1) is 0 Å². The predicted octanol–water partition coefficient (Wildman–Crippen LogP) is 1.52. The quantitative estimate of drug-likeness (QED) is 0.844. The van der Waals surface area contributed by atoms with Gasteiger partial charge in [0.1, 0.15) is 5.60 Å². The minimum absolute atomic E-state index is 0.00937. The van der Waals surface area contributed by atoms with E-state index in [1.54, 1.807) is 11.1 Å².